The number of halogens is 2. The number of carbonyl (C=O) groups is 1. The van der Waals surface area contributed by atoms with Crippen LogP contribution in [0, 0.1) is 11.7 Å². The average Bonchev–Trinajstić information content (AvgIpc) is 2.45. The first-order valence-electron chi connectivity index (χ1n) is 6.93. The molecule has 0 saturated heterocycles. The third-order valence-electron chi connectivity index (χ3n) is 3.33. The highest BCUT2D eigenvalue weighted by Gasteiger charge is 2.15. The van der Waals surface area contributed by atoms with Crippen molar-refractivity contribution in [3.8, 4) is 0 Å². The maximum absolute atomic E-state index is 13.9. The standard InChI is InChI=1S/C17H21F2NO/c1-5-14(18)17(12(4)11(2)3)20-16(21)10-13-8-6-7-9-15(13)19/h5-9,11H,10H2,1-4H3,(H,20,21)/b14-5+,17-12+. The van der Waals surface area contributed by atoms with Crippen LogP contribution in [0.3, 0.4) is 0 Å². The van der Waals surface area contributed by atoms with Crippen molar-refractivity contribution in [3.05, 3.63) is 58.8 Å². The molecule has 0 heterocycles. The third-order valence-corrected chi connectivity index (χ3v) is 3.33. The Bertz CT molecular complexity index is 574. The van der Waals surface area contributed by atoms with Crippen molar-refractivity contribution < 1.29 is 13.6 Å². The Morgan fingerprint density at radius 2 is 1.95 bits per heavy atom. The maximum atomic E-state index is 13.9. The van der Waals surface area contributed by atoms with Crippen LogP contribution in [0.25, 0.3) is 0 Å². The fourth-order valence-electron chi connectivity index (χ4n) is 1.78. The summed E-state index contributed by atoms with van der Waals surface area (Å²) in [6, 6.07) is 6.06. The summed E-state index contributed by atoms with van der Waals surface area (Å²) < 4.78 is 27.4. The second-order valence-electron chi connectivity index (χ2n) is 5.17. The van der Waals surface area contributed by atoms with Crippen molar-refractivity contribution in [2.45, 2.75) is 34.1 Å². The lowest BCUT2D eigenvalue weighted by atomic mass is 10.0. The molecule has 0 fully saturated rings. The number of rotatable bonds is 5. The van der Waals surface area contributed by atoms with Crippen LogP contribution in [0.5, 0.6) is 0 Å². The number of carbonyl (C=O) groups excluding carboxylic acids is 1. The molecule has 1 N–H and O–H groups in total. The van der Waals surface area contributed by atoms with Gasteiger partial charge in [-0.05, 0) is 43.0 Å². The molecule has 1 rings (SSSR count). The van der Waals surface area contributed by atoms with Gasteiger partial charge >= 0.3 is 0 Å². The number of hydrogen-bond donors (Lipinski definition) is 1. The van der Waals surface area contributed by atoms with Gasteiger partial charge in [0.25, 0.3) is 0 Å². The predicted molar refractivity (Wildman–Crippen MR) is 80.6 cm³/mol. The van der Waals surface area contributed by atoms with Crippen molar-refractivity contribution in [2.75, 3.05) is 0 Å². The summed E-state index contributed by atoms with van der Waals surface area (Å²) in [7, 11) is 0. The van der Waals surface area contributed by atoms with Crippen molar-refractivity contribution in [1.82, 2.24) is 5.32 Å². The molecular formula is C17H21F2NO. The van der Waals surface area contributed by atoms with Gasteiger partial charge in [0.05, 0.1) is 12.1 Å². The number of amides is 1. The molecule has 0 aliphatic rings. The van der Waals surface area contributed by atoms with Crippen molar-refractivity contribution in [3.63, 3.8) is 0 Å². The molecule has 0 spiro atoms. The van der Waals surface area contributed by atoms with Crippen molar-refractivity contribution >= 4 is 5.91 Å². The monoisotopic (exact) mass is 293 g/mol. The molecule has 114 valence electrons. The van der Waals surface area contributed by atoms with Gasteiger partial charge in [-0.3, -0.25) is 4.79 Å². The van der Waals surface area contributed by atoms with Gasteiger partial charge in [-0.2, -0.15) is 0 Å². The van der Waals surface area contributed by atoms with Crippen LogP contribution in [0.2, 0.25) is 0 Å². The normalized spacial score (nSPS) is 13.2. The highest BCUT2D eigenvalue weighted by atomic mass is 19.1. The van der Waals surface area contributed by atoms with E-state index in [9.17, 15) is 13.6 Å². The minimum atomic E-state index is -0.483. The lowest BCUT2D eigenvalue weighted by Gasteiger charge is -2.15. The molecule has 21 heavy (non-hydrogen) atoms. The fourth-order valence-corrected chi connectivity index (χ4v) is 1.78. The van der Waals surface area contributed by atoms with E-state index in [0.29, 0.717) is 0 Å². The van der Waals surface area contributed by atoms with E-state index in [4.69, 9.17) is 0 Å². The van der Waals surface area contributed by atoms with E-state index >= 15 is 0 Å². The number of allylic oxidation sites excluding steroid dienone is 3. The Hall–Kier alpha value is -1.97. The SMILES string of the molecule is C/C=C(F)\C(NC(=O)Cc1ccccc1F)=C(\C)C(C)C. The van der Waals surface area contributed by atoms with Crippen molar-refractivity contribution in [2.24, 2.45) is 5.92 Å². The molecule has 0 aliphatic heterocycles. The zero-order chi connectivity index (χ0) is 16.0. The molecule has 1 aromatic rings. The second kappa shape index (κ2) is 7.72. The van der Waals surface area contributed by atoms with Gasteiger partial charge in [0.1, 0.15) is 11.6 Å². The molecule has 0 radical (unpaired) electrons. The van der Waals surface area contributed by atoms with Gasteiger partial charge in [0, 0.05) is 0 Å². The molecule has 0 atom stereocenters. The number of nitrogens with one attached hydrogen (secondary N) is 1. The van der Waals surface area contributed by atoms with E-state index in [2.05, 4.69) is 5.32 Å². The minimum Gasteiger partial charge on any atom is -0.323 e. The van der Waals surface area contributed by atoms with E-state index in [1.165, 1.54) is 12.1 Å². The van der Waals surface area contributed by atoms with Crippen LogP contribution in [0.1, 0.15) is 33.3 Å². The number of hydrogen-bond acceptors (Lipinski definition) is 1. The molecule has 1 aromatic carbocycles. The topological polar surface area (TPSA) is 29.1 Å². The zero-order valence-corrected chi connectivity index (χ0v) is 12.8. The lowest BCUT2D eigenvalue weighted by molar-refractivity contribution is -0.119. The second-order valence-corrected chi connectivity index (χ2v) is 5.17. The van der Waals surface area contributed by atoms with Gasteiger partial charge in [0.2, 0.25) is 5.91 Å². The van der Waals surface area contributed by atoms with E-state index in [1.54, 1.807) is 32.0 Å². The third kappa shape index (κ3) is 4.81. The van der Waals surface area contributed by atoms with Crippen LogP contribution in [-0.2, 0) is 11.2 Å². The molecule has 0 unspecified atom stereocenters. The summed E-state index contributed by atoms with van der Waals surface area (Å²) in [5, 5.41) is 2.56. The first-order valence-corrected chi connectivity index (χ1v) is 6.93. The summed E-state index contributed by atoms with van der Waals surface area (Å²) in [6.07, 6.45) is 1.17. The largest absolute Gasteiger partial charge is 0.323 e. The molecular weight excluding hydrogens is 272 g/mol. The van der Waals surface area contributed by atoms with Crippen molar-refractivity contribution in [1.29, 1.82) is 0 Å². The van der Waals surface area contributed by atoms with Gasteiger partial charge < -0.3 is 5.32 Å². The van der Waals surface area contributed by atoms with Crippen LogP contribution < -0.4 is 5.32 Å². The zero-order valence-electron chi connectivity index (χ0n) is 12.8. The average molecular weight is 293 g/mol. The quantitative estimate of drug-likeness (QED) is 0.806. The van der Waals surface area contributed by atoms with E-state index in [1.807, 2.05) is 13.8 Å². The van der Waals surface area contributed by atoms with Crippen LogP contribution in [0.4, 0.5) is 8.78 Å². The minimum absolute atomic E-state index is 0.0967. The van der Waals surface area contributed by atoms with Crippen LogP contribution >= 0.6 is 0 Å². The predicted octanol–water partition coefficient (Wildman–Crippen LogP) is 4.29. The highest BCUT2D eigenvalue weighted by molar-refractivity contribution is 5.81. The Kier molecular flexibility index (Phi) is 6.28. The van der Waals surface area contributed by atoms with E-state index in [-0.39, 0.29) is 23.6 Å². The summed E-state index contributed by atoms with van der Waals surface area (Å²) >= 11 is 0. The Morgan fingerprint density at radius 3 is 2.48 bits per heavy atom. The number of benzene rings is 1. The molecule has 0 aromatic heterocycles. The Labute approximate surface area is 124 Å². The molecule has 2 nitrogen and oxygen atoms in total. The van der Waals surface area contributed by atoms with Crippen LogP contribution in [0.15, 0.2) is 47.4 Å². The van der Waals surface area contributed by atoms with E-state index < -0.39 is 17.6 Å². The molecule has 1 amide bonds. The molecule has 0 aliphatic carbocycles. The summed E-state index contributed by atoms with van der Waals surface area (Å²) in [5.41, 5.74) is 1.21. The highest BCUT2D eigenvalue weighted by Crippen LogP contribution is 2.20. The molecule has 4 heteroatoms. The van der Waals surface area contributed by atoms with E-state index in [0.717, 1.165) is 5.57 Å². The smallest absolute Gasteiger partial charge is 0.228 e. The lowest BCUT2D eigenvalue weighted by Crippen LogP contribution is -2.27. The Morgan fingerprint density at radius 1 is 1.33 bits per heavy atom. The summed E-state index contributed by atoms with van der Waals surface area (Å²) in [4.78, 5) is 12.0. The molecule has 0 bridgehead atoms. The molecule has 0 saturated carbocycles. The summed E-state index contributed by atoms with van der Waals surface area (Å²) in [5.74, 6) is -1.26. The van der Waals surface area contributed by atoms with Gasteiger partial charge in [-0.1, -0.05) is 32.0 Å². The maximum Gasteiger partial charge on any atom is 0.228 e. The first kappa shape index (κ1) is 17.1. The van der Waals surface area contributed by atoms with Crippen LogP contribution in [-0.4, -0.2) is 5.91 Å². The Balaban J connectivity index is 2.93. The van der Waals surface area contributed by atoms with Gasteiger partial charge in [0.15, 0.2) is 0 Å². The van der Waals surface area contributed by atoms with Gasteiger partial charge in [-0.25, -0.2) is 8.78 Å². The summed E-state index contributed by atoms with van der Waals surface area (Å²) in [6.45, 7) is 7.17. The fraction of sp³-hybridized carbons (Fsp3) is 0.353. The van der Waals surface area contributed by atoms with Gasteiger partial charge in [-0.15, -0.1) is 0 Å². The first-order chi connectivity index (χ1) is 9.86.